The second-order valence-electron chi connectivity index (χ2n) is 6.58. The third-order valence-electron chi connectivity index (χ3n) is 5.51. The third kappa shape index (κ3) is 1.96. The first-order valence-corrected chi connectivity index (χ1v) is 7.77. The second-order valence-corrected chi connectivity index (χ2v) is 6.58. The summed E-state index contributed by atoms with van der Waals surface area (Å²) in [5, 5.41) is 9.49. The first kappa shape index (κ1) is 12.9. The fraction of sp³-hybridized carbons (Fsp3) is 0.529. The fourth-order valence-corrected chi connectivity index (χ4v) is 4.35. The number of carbonyl (C=O) groups is 2. The normalized spacial score (nSPS) is 33.2. The van der Waals surface area contributed by atoms with Crippen LogP contribution in [0, 0.1) is 17.8 Å². The number of carboxylic acids is 1. The van der Waals surface area contributed by atoms with Gasteiger partial charge in [-0.3, -0.25) is 4.79 Å². The van der Waals surface area contributed by atoms with Crippen LogP contribution < -0.4 is 0 Å². The van der Waals surface area contributed by atoms with Gasteiger partial charge in [0.25, 0.3) is 0 Å². The number of carbonyl (C=O) groups excluding carboxylic acids is 1. The first-order valence-electron chi connectivity index (χ1n) is 7.77. The summed E-state index contributed by atoms with van der Waals surface area (Å²) >= 11 is 0. The van der Waals surface area contributed by atoms with E-state index in [1.807, 2.05) is 24.3 Å². The van der Waals surface area contributed by atoms with Crippen LogP contribution in [0.1, 0.15) is 30.4 Å². The molecule has 2 fully saturated rings. The zero-order valence-electron chi connectivity index (χ0n) is 11.9. The van der Waals surface area contributed by atoms with E-state index < -0.39 is 12.0 Å². The van der Waals surface area contributed by atoms with E-state index >= 15 is 0 Å². The standard InChI is InChI=1S/C17H19NO3/c19-16(15-12-6-3-7-13(12)15)18-9-11-5-2-1-4-10(11)8-14(18)17(20)21/h1-2,4-5,12-15H,3,6-9H2,(H,20,21)/t12-,13-,14+/m1/s1. The van der Waals surface area contributed by atoms with Crippen molar-refractivity contribution in [3.63, 3.8) is 0 Å². The lowest BCUT2D eigenvalue weighted by molar-refractivity contribution is -0.152. The number of amides is 1. The Morgan fingerprint density at radius 1 is 1.10 bits per heavy atom. The van der Waals surface area contributed by atoms with Gasteiger partial charge in [-0.25, -0.2) is 4.79 Å². The molecule has 3 aliphatic rings. The average molecular weight is 285 g/mol. The van der Waals surface area contributed by atoms with Crippen molar-refractivity contribution < 1.29 is 14.7 Å². The minimum Gasteiger partial charge on any atom is -0.480 e. The summed E-state index contributed by atoms with van der Waals surface area (Å²) in [5.74, 6) is 0.356. The van der Waals surface area contributed by atoms with Gasteiger partial charge in [0.2, 0.25) is 5.91 Å². The molecule has 1 aliphatic heterocycles. The maximum atomic E-state index is 12.8. The molecule has 1 aromatic carbocycles. The fourth-order valence-electron chi connectivity index (χ4n) is 4.35. The summed E-state index contributed by atoms with van der Waals surface area (Å²) < 4.78 is 0. The van der Waals surface area contributed by atoms with Crippen molar-refractivity contribution in [2.24, 2.45) is 17.8 Å². The molecule has 0 aromatic heterocycles. The molecule has 1 amide bonds. The van der Waals surface area contributed by atoms with Gasteiger partial charge >= 0.3 is 5.97 Å². The van der Waals surface area contributed by atoms with Crippen LogP contribution in [-0.2, 0) is 22.6 Å². The predicted octanol–water partition coefficient (Wildman–Crippen LogP) is 2.07. The molecular formula is C17H19NO3. The van der Waals surface area contributed by atoms with E-state index in [0.717, 1.165) is 24.0 Å². The van der Waals surface area contributed by atoms with Crippen molar-refractivity contribution in [2.75, 3.05) is 0 Å². The Morgan fingerprint density at radius 2 is 1.76 bits per heavy atom. The van der Waals surface area contributed by atoms with Crippen molar-refractivity contribution >= 4 is 11.9 Å². The molecule has 1 aromatic rings. The molecule has 0 saturated heterocycles. The Bertz CT molecular complexity index is 602. The van der Waals surface area contributed by atoms with Gasteiger partial charge in [0.15, 0.2) is 0 Å². The Labute approximate surface area is 123 Å². The number of carboxylic acid groups (broad SMARTS) is 1. The number of benzene rings is 1. The summed E-state index contributed by atoms with van der Waals surface area (Å²) in [4.78, 5) is 26.0. The average Bonchev–Trinajstić information content (AvgIpc) is 2.97. The van der Waals surface area contributed by atoms with Gasteiger partial charge in [-0.05, 0) is 35.8 Å². The first-order chi connectivity index (χ1) is 10.2. The zero-order chi connectivity index (χ0) is 14.6. The highest BCUT2D eigenvalue weighted by molar-refractivity contribution is 5.88. The van der Waals surface area contributed by atoms with Crippen molar-refractivity contribution in [1.82, 2.24) is 4.90 Å². The van der Waals surface area contributed by atoms with Crippen LogP contribution in [0.3, 0.4) is 0 Å². The summed E-state index contributed by atoms with van der Waals surface area (Å²) in [5.41, 5.74) is 2.15. The van der Waals surface area contributed by atoms with Crippen LogP contribution in [0.4, 0.5) is 0 Å². The Morgan fingerprint density at radius 3 is 2.43 bits per heavy atom. The molecule has 1 heterocycles. The molecule has 4 nitrogen and oxygen atoms in total. The van der Waals surface area contributed by atoms with Crippen LogP contribution in [0.2, 0.25) is 0 Å². The van der Waals surface area contributed by atoms with Gasteiger partial charge < -0.3 is 10.0 Å². The lowest BCUT2D eigenvalue weighted by Gasteiger charge is -2.35. The predicted molar refractivity (Wildman–Crippen MR) is 76.4 cm³/mol. The minimum absolute atomic E-state index is 0.0756. The molecule has 0 radical (unpaired) electrons. The molecule has 0 unspecified atom stereocenters. The number of fused-ring (bicyclic) bond motifs is 2. The monoisotopic (exact) mass is 285 g/mol. The highest BCUT2D eigenvalue weighted by Gasteiger charge is 2.58. The van der Waals surface area contributed by atoms with Crippen LogP contribution in [0.25, 0.3) is 0 Å². The summed E-state index contributed by atoms with van der Waals surface area (Å²) in [6, 6.07) is 7.16. The van der Waals surface area contributed by atoms with Gasteiger partial charge in [0.1, 0.15) is 6.04 Å². The maximum Gasteiger partial charge on any atom is 0.326 e. The zero-order valence-corrected chi connectivity index (χ0v) is 11.9. The highest BCUT2D eigenvalue weighted by atomic mass is 16.4. The van der Waals surface area contributed by atoms with E-state index in [-0.39, 0.29) is 11.8 Å². The molecular weight excluding hydrogens is 266 g/mol. The van der Waals surface area contributed by atoms with Crippen LogP contribution >= 0.6 is 0 Å². The number of aliphatic carboxylic acids is 1. The van der Waals surface area contributed by atoms with E-state index in [0.29, 0.717) is 24.8 Å². The molecule has 21 heavy (non-hydrogen) atoms. The van der Waals surface area contributed by atoms with Gasteiger partial charge in [-0.2, -0.15) is 0 Å². The molecule has 1 N–H and O–H groups in total. The van der Waals surface area contributed by atoms with Gasteiger partial charge in [-0.1, -0.05) is 30.7 Å². The van der Waals surface area contributed by atoms with Crippen molar-refractivity contribution in [3.05, 3.63) is 35.4 Å². The number of rotatable bonds is 2. The quantitative estimate of drug-likeness (QED) is 0.905. The lowest BCUT2D eigenvalue weighted by Crippen LogP contribution is -2.49. The van der Waals surface area contributed by atoms with Gasteiger partial charge in [0.05, 0.1) is 0 Å². The van der Waals surface area contributed by atoms with Gasteiger partial charge in [0, 0.05) is 18.9 Å². The van der Waals surface area contributed by atoms with Crippen molar-refractivity contribution in [1.29, 1.82) is 0 Å². The highest BCUT2D eigenvalue weighted by Crippen LogP contribution is 2.58. The smallest absolute Gasteiger partial charge is 0.326 e. The van der Waals surface area contributed by atoms with E-state index in [1.54, 1.807) is 4.90 Å². The van der Waals surface area contributed by atoms with Crippen LogP contribution in [-0.4, -0.2) is 27.9 Å². The molecule has 110 valence electrons. The van der Waals surface area contributed by atoms with E-state index in [9.17, 15) is 14.7 Å². The molecule has 4 rings (SSSR count). The largest absolute Gasteiger partial charge is 0.480 e. The topological polar surface area (TPSA) is 57.6 Å². The Balaban J connectivity index is 1.60. The third-order valence-corrected chi connectivity index (χ3v) is 5.51. The molecule has 0 bridgehead atoms. The van der Waals surface area contributed by atoms with Gasteiger partial charge in [-0.15, -0.1) is 0 Å². The Kier molecular flexibility index (Phi) is 2.81. The van der Waals surface area contributed by atoms with Crippen molar-refractivity contribution in [3.8, 4) is 0 Å². The van der Waals surface area contributed by atoms with E-state index in [1.165, 1.54) is 6.42 Å². The number of nitrogens with zero attached hydrogens (tertiary/aromatic N) is 1. The van der Waals surface area contributed by atoms with E-state index in [4.69, 9.17) is 0 Å². The van der Waals surface area contributed by atoms with Crippen LogP contribution in [0.5, 0.6) is 0 Å². The minimum atomic E-state index is -0.885. The molecule has 4 heteroatoms. The lowest BCUT2D eigenvalue weighted by atomic mass is 9.93. The molecule has 2 saturated carbocycles. The number of hydrogen-bond donors (Lipinski definition) is 1. The molecule has 0 spiro atoms. The molecule has 3 atom stereocenters. The summed E-state index contributed by atoms with van der Waals surface area (Å²) in [6.45, 7) is 0.446. The number of hydrogen-bond acceptors (Lipinski definition) is 2. The van der Waals surface area contributed by atoms with E-state index in [2.05, 4.69) is 0 Å². The summed E-state index contributed by atoms with van der Waals surface area (Å²) in [7, 11) is 0. The maximum absolute atomic E-state index is 12.8. The second kappa shape index (κ2) is 4.58. The van der Waals surface area contributed by atoms with Crippen LogP contribution in [0.15, 0.2) is 24.3 Å². The summed E-state index contributed by atoms with van der Waals surface area (Å²) in [6.07, 6.45) is 3.94. The Hall–Kier alpha value is -1.84. The van der Waals surface area contributed by atoms with Crippen molar-refractivity contribution in [2.45, 2.75) is 38.3 Å². The molecule has 2 aliphatic carbocycles. The SMILES string of the molecule is O=C(O)[C@@H]1Cc2ccccc2CN1C(=O)C1[C@@H]2CCC[C@@H]12.